The molecule has 3 heteroatoms. The monoisotopic (exact) mass is 251 g/mol. The highest BCUT2D eigenvalue weighted by atomic mass is 19.1. The minimum absolute atomic E-state index is 0.145. The number of nitrogens with zero attached hydrogens (tertiary/aromatic N) is 1. The fourth-order valence-corrected chi connectivity index (χ4v) is 2.78. The highest BCUT2D eigenvalue weighted by Gasteiger charge is 2.24. The van der Waals surface area contributed by atoms with Crippen molar-refractivity contribution in [3.8, 4) is 0 Å². The van der Waals surface area contributed by atoms with Crippen LogP contribution in [-0.2, 0) is 6.54 Å². The zero-order valence-corrected chi connectivity index (χ0v) is 11.0. The van der Waals surface area contributed by atoms with Crippen LogP contribution in [0.2, 0.25) is 0 Å². The minimum atomic E-state index is -0.179. The SMILES string of the molecule is CN(Cc1ccccc1F)CC1CCCCC1O. The molecule has 0 radical (unpaired) electrons. The lowest BCUT2D eigenvalue weighted by Crippen LogP contribution is -2.34. The Labute approximate surface area is 108 Å². The van der Waals surface area contributed by atoms with Gasteiger partial charge in [0.1, 0.15) is 5.82 Å². The van der Waals surface area contributed by atoms with Crippen LogP contribution in [-0.4, -0.2) is 29.7 Å². The van der Waals surface area contributed by atoms with E-state index in [2.05, 4.69) is 4.90 Å². The molecule has 0 aromatic heterocycles. The topological polar surface area (TPSA) is 23.5 Å². The van der Waals surface area contributed by atoms with Crippen molar-refractivity contribution in [2.75, 3.05) is 13.6 Å². The third kappa shape index (κ3) is 3.53. The number of hydrogen-bond acceptors (Lipinski definition) is 2. The van der Waals surface area contributed by atoms with E-state index in [-0.39, 0.29) is 11.9 Å². The Morgan fingerprint density at radius 1 is 1.28 bits per heavy atom. The maximum Gasteiger partial charge on any atom is 0.127 e. The predicted molar refractivity (Wildman–Crippen MR) is 70.7 cm³/mol. The molecule has 2 atom stereocenters. The van der Waals surface area contributed by atoms with Gasteiger partial charge in [0.15, 0.2) is 0 Å². The van der Waals surface area contributed by atoms with Gasteiger partial charge in [-0.15, -0.1) is 0 Å². The molecule has 1 N–H and O–H groups in total. The van der Waals surface area contributed by atoms with Gasteiger partial charge in [-0.05, 0) is 31.9 Å². The summed E-state index contributed by atoms with van der Waals surface area (Å²) in [4.78, 5) is 2.11. The molecule has 2 nitrogen and oxygen atoms in total. The first-order chi connectivity index (χ1) is 8.66. The molecule has 2 rings (SSSR count). The van der Waals surface area contributed by atoms with Gasteiger partial charge in [-0.3, -0.25) is 0 Å². The molecule has 1 fully saturated rings. The molecule has 1 aliphatic rings. The Morgan fingerprint density at radius 3 is 2.72 bits per heavy atom. The van der Waals surface area contributed by atoms with Gasteiger partial charge in [0.25, 0.3) is 0 Å². The second kappa shape index (κ2) is 6.30. The Morgan fingerprint density at radius 2 is 2.00 bits per heavy atom. The second-order valence-corrected chi connectivity index (χ2v) is 5.40. The summed E-state index contributed by atoms with van der Waals surface area (Å²) < 4.78 is 13.5. The summed E-state index contributed by atoms with van der Waals surface area (Å²) in [5.74, 6) is 0.198. The summed E-state index contributed by atoms with van der Waals surface area (Å²) in [5, 5.41) is 9.94. The van der Waals surface area contributed by atoms with E-state index in [1.54, 1.807) is 6.07 Å². The Kier molecular flexibility index (Phi) is 4.72. The highest BCUT2D eigenvalue weighted by molar-refractivity contribution is 5.16. The van der Waals surface area contributed by atoms with Crippen molar-refractivity contribution in [1.29, 1.82) is 0 Å². The number of aliphatic hydroxyl groups is 1. The van der Waals surface area contributed by atoms with E-state index in [0.717, 1.165) is 31.4 Å². The zero-order chi connectivity index (χ0) is 13.0. The summed E-state index contributed by atoms with van der Waals surface area (Å²) >= 11 is 0. The molecular weight excluding hydrogens is 229 g/mol. The second-order valence-electron chi connectivity index (χ2n) is 5.40. The summed E-state index contributed by atoms with van der Waals surface area (Å²) in [6, 6.07) is 6.90. The molecule has 0 spiro atoms. The molecule has 2 unspecified atom stereocenters. The van der Waals surface area contributed by atoms with E-state index in [4.69, 9.17) is 0 Å². The lowest BCUT2D eigenvalue weighted by molar-refractivity contribution is 0.0500. The largest absolute Gasteiger partial charge is 0.393 e. The Bertz CT molecular complexity index is 383. The molecule has 0 saturated heterocycles. The average Bonchev–Trinajstić information content (AvgIpc) is 2.35. The molecule has 0 bridgehead atoms. The lowest BCUT2D eigenvalue weighted by atomic mass is 9.86. The normalized spacial score (nSPS) is 24.4. The van der Waals surface area contributed by atoms with Crippen molar-refractivity contribution in [1.82, 2.24) is 4.90 Å². The van der Waals surface area contributed by atoms with Crippen LogP contribution in [0, 0.1) is 11.7 Å². The van der Waals surface area contributed by atoms with Crippen LogP contribution in [0.1, 0.15) is 31.2 Å². The molecular formula is C15H22FNO. The Balaban J connectivity index is 1.88. The van der Waals surface area contributed by atoms with E-state index in [1.165, 1.54) is 12.5 Å². The number of benzene rings is 1. The van der Waals surface area contributed by atoms with Crippen LogP contribution < -0.4 is 0 Å². The van der Waals surface area contributed by atoms with Gasteiger partial charge in [0.2, 0.25) is 0 Å². The molecule has 0 aliphatic heterocycles. The Hall–Kier alpha value is -0.930. The van der Waals surface area contributed by atoms with Gasteiger partial charge in [-0.2, -0.15) is 0 Å². The fourth-order valence-electron chi connectivity index (χ4n) is 2.78. The quantitative estimate of drug-likeness (QED) is 0.889. The minimum Gasteiger partial charge on any atom is -0.393 e. The van der Waals surface area contributed by atoms with Crippen LogP contribution in [0.5, 0.6) is 0 Å². The van der Waals surface area contributed by atoms with Crippen LogP contribution >= 0.6 is 0 Å². The van der Waals surface area contributed by atoms with E-state index < -0.39 is 0 Å². The third-order valence-electron chi connectivity index (χ3n) is 3.81. The maximum absolute atomic E-state index is 13.5. The molecule has 1 aromatic carbocycles. The van der Waals surface area contributed by atoms with Crippen molar-refractivity contribution >= 4 is 0 Å². The van der Waals surface area contributed by atoms with Crippen molar-refractivity contribution in [3.05, 3.63) is 35.6 Å². The van der Waals surface area contributed by atoms with E-state index in [9.17, 15) is 9.50 Å². The first-order valence-corrected chi connectivity index (χ1v) is 6.77. The summed E-state index contributed by atoms with van der Waals surface area (Å²) in [7, 11) is 1.99. The van der Waals surface area contributed by atoms with Crippen LogP contribution in [0.3, 0.4) is 0 Å². The number of halogens is 1. The van der Waals surface area contributed by atoms with Crippen molar-refractivity contribution in [2.45, 2.75) is 38.3 Å². The van der Waals surface area contributed by atoms with Gasteiger partial charge in [-0.25, -0.2) is 4.39 Å². The van der Waals surface area contributed by atoms with Gasteiger partial charge >= 0.3 is 0 Å². The van der Waals surface area contributed by atoms with Crippen molar-refractivity contribution in [3.63, 3.8) is 0 Å². The zero-order valence-electron chi connectivity index (χ0n) is 11.0. The summed E-state index contributed by atoms with van der Waals surface area (Å²) in [5.41, 5.74) is 0.727. The number of aliphatic hydroxyl groups excluding tert-OH is 1. The van der Waals surface area contributed by atoms with Gasteiger partial charge in [0.05, 0.1) is 6.10 Å². The van der Waals surface area contributed by atoms with Gasteiger partial charge in [0, 0.05) is 18.7 Å². The third-order valence-corrected chi connectivity index (χ3v) is 3.81. The molecule has 18 heavy (non-hydrogen) atoms. The van der Waals surface area contributed by atoms with E-state index >= 15 is 0 Å². The molecule has 0 heterocycles. The smallest absolute Gasteiger partial charge is 0.127 e. The fraction of sp³-hybridized carbons (Fsp3) is 0.600. The first-order valence-electron chi connectivity index (χ1n) is 6.77. The molecule has 1 saturated carbocycles. The predicted octanol–water partition coefficient (Wildman–Crippen LogP) is 2.81. The van der Waals surface area contributed by atoms with Gasteiger partial charge < -0.3 is 10.0 Å². The maximum atomic E-state index is 13.5. The first kappa shape index (κ1) is 13.5. The average molecular weight is 251 g/mol. The molecule has 1 aliphatic carbocycles. The van der Waals surface area contributed by atoms with Crippen molar-refractivity contribution < 1.29 is 9.50 Å². The van der Waals surface area contributed by atoms with E-state index in [1.807, 2.05) is 19.2 Å². The van der Waals surface area contributed by atoms with Crippen LogP contribution in [0.15, 0.2) is 24.3 Å². The standard InChI is InChI=1S/C15H22FNO/c1-17(10-12-6-2-4-8-14(12)16)11-13-7-3-5-9-15(13)18/h2,4,6,8,13,15,18H,3,5,7,9-11H2,1H3. The van der Waals surface area contributed by atoms with Crippen LogP contribution in [0.4, 0.5) is 4.39 Å². The van der Waals surface area contributed by atoms with E-state index in [0.29, 0.717) is 12.5 Å². The highest BCUT2D eigenvalue weighted by Crippen LogP contribution is 2.25. The van der Waals surface area contributed by atoms with Crippen LogP contribution in [0.25, 0.3) is 0 Å². The number of hydrogen-bond donors (Lipinski definition) is 1. The molecule has 100 valence electrons. The number of rotatable bonds is 4. The lowest BCUT2D eigenvalue weighted by Gasteiger charge is -2.31. The summed E-state index contributed by atoms with van der Waals surface area (Å²) in [6.45, 7) is 1.45. The van der Waals surface area contributed by atoms with Crippen molar-refractivity contribution in [2.24, 2.45) is 5.92 Å². The summed E-state index contributed by atoms with van der Waals surface area (Å²) in [6.07, 6.45) is 4.16. The molecule has 1 aromatic rings. The van der Waals surface area contributed by atoms with Gasteiger partial charge in [-0.1, -0.05) is 31.0 Å². The molecule has 0 amide bonds.